The molecule has 1 aromatic rings. The second-order valence-corrected chi connectivity index (χ2v) is 5.43. The van der Waals surface area contributed by atoms with E-state index in [1.54, 1.807) is 19.1 Å². The smallest absolute Gasteiger partial charge is 0.374 e. The minimum absolute atomic E-state index is 0.181. The zero-order valence-corrected chi connectivity index (χ0v) is 14.6. The van der Waals surface area contributed by atoms with E-state index in [0.29, 0.717) is 13.2 Å². The molecule has 1 aromatic carbocycles. The van der Waals surface area contributed by atoms with Crippen LogP contribution in [0.25, 0.3) is 0 Å². The van der Waals surface area contributed by atoms with Crippen molar-refractivity contribution in [3.63, 3.8) is 0 Å². The van der Waals surface area contributed by atoms with Crippen molar-refractivity contribution in [1.29, 1.82) is 0 Å². The van der Waals surface area contributed by atoms with Crippen LogP contribution in [-0.2, 0) is 34.3 Å². The highest BCUT2D eigenvalue weighted by molar-refractivity contribution is 5.89. The van der Waals surface area contributed by atoms with Crippen molar-refractivity contribution in [1.82, 2.24) is 0 Å². The monoisotopic (exact) mass is 346 g/mol. The van der Waals surface area contributed by atoms with Gasteiger partial charge in [-0.3, -0.25) is 4.79 Å². The van der Waals surface area contributed by atoms with Gasteiger partial charge in [-0.1, -0.05) is 35.9 Å². The van der Waals surface area contributed by atoms with Crippen molar-refractivity contribution < 1.29 is 28.5 Å². The topological polar surface area (TPSA) is 71.1 Å². The fourth-order valence-electron chi connectivity index (χ4n) is 2.34. The summed E-state index contributed by atoms with van der Waals surface area (Å²) in [6.45, 7) is 5.98. The minimum atomic E-state index is -1.03. The van der Waals surface area contributed by atoms with Gasteiger partial charge in [0.15, 0.2) is 0 Å². The minimum Gasteiger partial charge on any atom is -0.460 e. The van der Waals surface area contributed by atoms with Crippen LogP contribution in [0.15, 0.2) is 48.3 Å². The molecule has 6 heteroatoms. The van der Waals surface area contributed by atoms with E-state index in [9.17, 15) is 9.59 Å². The van der Waals surface area contributed by atoms with Crippen LogP contribution in [0.1, 0.15) is 25.0 Å². The Hall–Kier alpha value is -2.44. The van der Waals surface area contributed by atoms with Crippen LogP contribution < -0.4 is 0 Å². The molecule has 0 aromatic heterocycles. The molecule has 134 valence electrons. The number of ether oxygens (including phenoxy) is 4. The highest BCUT2D eigenvalue weighted by atomic mass is 16.7. The van der Waals surface area contributed by atoms with E-state index in [2.05, 4.69) is 0 Å². The number of hydrogen-bond donors (Lipinski definition) is 0. The first-order chi connectivity index (χ1) is 12.0. The van der Waals surface area contributed by atoms with Crippen molar-refractivity contribution in [2.75, 3.05) is 19.8 Å². The number of allylic oxidation sites excluding steroid dienone is 2. The first kappa shape index (κ1) is 18.9. The maximum Gasteiger partial charge on any atom is 0.374 e. The summed E-state index contributed by atoms with van der Waals surface area (Å²) in [7, 11) is 0. The maximum absolute atomic E-state index is 11.8. The summed E-state index contributed by atoms with van der Waals surface area (Å²) in [5.74, 6) is -2.53. The molecule has 1 aliphatic rings. The fourth-order valence-corrected chi connectivity index (χ4v) is 2.34. The number of aryl methyl sites for hydroxylation is 1. The Morgan fingerprint density at radius 3 is 2.40 bits per heavy atom. The molecule has 0 atom stereocenters. The standard InChI is InChI=1S/C19H22O6/c1-4-22-18(21)17(25-15(3)20)6-5-11-19(23-12-13-24-19)16-9-7-14(2)8-10-16/h5-11H,4,12-13H2,1-3H3/b11-5+,17-6-. The van der Waals surface area contributed by atoms with E-state index in [-0.39, 0.29) is 12.4 Å². The molecule has 1 heterocycles. The molecule has 0 aliphatic carbocycles. The average Bonchev–Trinajstić information content (AvgIpc) is 3.04. The third kappa shape index (κ3) is 5.01. The Bertz CT molecular complexity index is 666. The van der Waals surface area contributed by atoms with Gasteiger partial charge in [-0.25, -0.2) is 4.79 Å². The lowest BCUT2D eigenvalue weighted by Crippen LogP contribution is -2.24. The number of hydrogen-bond acceptors (Lipinski definition) is 6. The molecule has 2 rings (SSSR count). The Kier molecular flexibility index (Phi) is 6.50. The lowest BCUT2D eigenvalue weighted by Gasteiger charge is -2.24. The number of rotatable bonds is 6. The summed E-state index contributed by atoms with van der Waals surface area (Å²) in [4.78, 5) is 23.0. The normalized spacial score (nSPS) is 16.8. The third-order valence-electron chi connectivity index (χ3n) is 3.46. The lowest BCUT2D eigenvalue weighted by atomic mass is 10.0. The average molecular weight is 346 g/mol. The van der Waals surface area contributed by atoms with E-state index in [1.165, 1.54) is 13.0 Å². The summed E-state index contributed by atoms with van der Waals surface area (Å²) >= 11 is 0. The number of esters is 2. The van der Waals surface area contributed by atoms with E-state index >= 15 is 0 Å². The fraction of sp³-hybridized carbons (Fsp3) is 0.368. The van der Waals surface area contributed by atoms with Crippen molar-refractivity contribution in [3.8, 4) is 0 Å². The quantitative estimate of drug-likeness (QED) is 0.341. The van der Waals surface area contributed by atoms with Gasteiger partial charge in [0.25, 0.3) is 0 Å². The van der Waals surface area contributed by atoms with Crippen LogP contribution in [0.4, 0.5) is 0 Å². The SMILES string of the molecule is CCOC(=O)/C(=C/C=C/C1(c2ccc(C)cc2)OCCO1)OC(C)=O. The molecule has 1 fully saturated rings. The Morgan fingerprint density at radius 2 is 1.84 bits per heavy atom. The Labute approximate surface area is 147 Å². The van der Waals surface area contributed by atoms with Crippen LogP contribution >= 0.6 is 0 Å². The van der Waals surface area contributed by atoms with Gasteiger partial charge in [0.2, 0.25) is 11.5 Å². The number of carbonyl (C=O) groups excluding carboxylic acids is 2. The van der Waals surface area contributed by atoms with Crippen molar-refractivity contribution >= 4 is 11.9 Å². The molecule has 0 radical (unpaired) electrons. The van der Waals surface area contributed by atoms with E-state index in [0.717, 1.165) is 11.1 Å². The van der Waals surface area contributed by atoms with Gasteiger partial charge in [0.1, 0.15) is 0 Å². The third-order valence-corrected chi connectivity index (χ3v) is 3.46. The van der Waals surface area contributed by atoms with Gasteiger partial charge in [-0.2, -0.15) is 0 Å². The van der Waals surface area contributed by atoms with Crippen LogP contribution in [0.5, 0.6) is 0 Å². The largest absolute Gasteiger partial charge is 0.460 e. The second-order valence-electron chi connectivity index (χ2n) is 5.43. The van der Waals surface area contributed by atoms with Crippen LogP contribution in [0.3, 0.4) is 0 Å². The number of carbonyl (C=O) groups is 2. The molecule has 1 saturated heterocycles. The van der Waals surface area contributed by atoms with Gasteiger partial charge in [-0.05, 0) is 26.0 Å². The predicted molar refractivity (Wildman–Crippen MR) is 90.4 cm³/mol. The summed E-state index contributed by atoms with van der Waals surface area (Å²) in [5, 5.41) is 0. The Balaban J connectivity index is 2.26. The van der Waals surface area contributed by atoms with Crippen LogP contribution in [0.2, 0.25) is 0 Å². The first-order valence-corrected chi connectivity index (χ1v) is 8.07. The molecule has 0 spiro atoms. The van der Waals surface area contributed by atoms with Gasteiger partial charge >= 0.3 is 11.9 Å². The zero-order valence-electron chi connectivity index (χ0n) is 14.6. The van der Waals surface area contributed by atoms with Gasteiger partial charge < -0.3 is 18.9 Å². The van der Waals surface area contributed by atoms with Crippen molar-refractivity contribution in [2.24, 2.45) is 0 Å². The number of benzene rings is 1. The molecule has 25 heavy (non-hydrogen) atoms. The molecular weight excluding hydrogens is 324 g/mol. The highest BCUT2D eigenvalue weighted by Crippen LogP contribution is 2.33. The Morgan fingerprint density at radius 1 is 1.20 bits per heavy atom. The zero-order chi connectivity index (χ0) is 18.3. The molecule has 0 saturated carbocycles. The molecule has 0 N–H and O–H groups in total. The first-order valence-electron chi connectivity index (χ1n) is 8.07. The van der Waals surface area contributed by atoms with E-state index < -0.39 is 17.7 Å². The van der Waals surface area contributed by atoms with E-state index in [4.69, 9.17) is 18.9 Å². The molecule has 0 unspecified atom stereocenters. The molecule has 0 amide bonds. The summed E-state index contributed by atoms with van der Waals surface area (Å²) < 4.78 is 21.3. The summed E-state index contributed by atoms with van der Waals surface area (Å²) in [6.07, 6.45) is 4.59. The van der Waals surface area contributed by atoms with Gasteiger partial charge in [0.05, 0.1) is 19.8 Å². The molecule has 1 aliphatic heterocycles. The van der Waals surface area contributed by atoms with Gasteiger partial charge in [-0.15, -0.1) is 0 Å². The summed E-state index contributed by atoms with van der Waals surface area (Å²) in [5.41, 5.74) is 1.96. The van der Waals surface area contributed by atoms with Crippen molar-refractivity contribution in [2.45, 2.75) is 26.6 Å². The van der Waals surface area contributed by atoms with Gasteiger partial charge in [0, 0.05) is 12.5 Å². The predicted octanol–water partition coefficient (Wildman–Crippen LogP) is 2.76. The van der Waals surface area contributed by atoms with Crippen LogP contribution in [0, 0.1) is 6.92 Å². The highest BCUT2D eigenvalue weighted by Gasteiger charge is 2.35. The molecule has 0 bridgehead atoms. The maximum atomic E-state index is 11.8. The molecule has 6 nitrogen and oxygen atoms in total. The van der Waals surface area contributed by atoms with E-state index in [1.807, 2.05) is 31.2 Å². The van der Waals surface area contributed by atoms with Crippen LogP contribution in [-0.4, -0.2) is 31.8 Å². The summed E-state index contributed by atoms with van der Waals surface area (Å²) in [6, 6.07) is 7.78. The second kappa shape index (κ2) is 8.60. The lowest BCUT2D eigenvalue weighted by molar-refractivity contribution is -0.150. The molecular formula is C19H22O6. The van der Waals surface area contributed by atoms with Crippen molar-refractivity contribution in [3.05, 3.63) is 59.4 Å².